The molecule has 2 fully saturated rings. The maximum Gasteiger partial charge on any atom is 0.160 e. The maximum atomic E-state index is 15.7. The topological polar surface area (TPSA) is 60.7 Å². The Bertz CT molecular complexity index is 1240. The average Bonchev–Trinajstić information content (AvgIpc) is 3.53. The molecule has 3 N–H and O–H groups in total. The molecule has 0 bridgehead atoms. The van der Waals surface area contributed by atoms with E-state index in [4.69, 9.17) is 5.73 Å². The van der Waals surface area contributed by atoms with E-state index in [9.17, 15) is 0 Å². The lowest BCUT2D eigenvalue weighted by atomic mass is 10.1. The third-order valence-corrected chi connectivity index (χ3v) is 7.35. The highest BCUT2D eigenvalue weighted by atomic mass is 19.1. The Labute approximate surface area is 204 Å². The lowest BCUT2D eigenvalue weighted by Gasteiger charge is -2.30. The van der Waals surface area contributed by atoms with Crippen molar-refractivity contribution in [2.45, 2.75) is 38.3 Å². The van der Waals surface area contributed by atoms with Crippen molar-refractivity contribution in [3.8, 4) is 0 Å². The standard InChI is InChI=1S/C27H30F2N6/c28-21-16-18(30)6-8-20(21)26-32-25-24(34-14-2-1-3-15-34)10-11-31-27(25)35(26)23-9-7-19(17-22(23)29)33-12-4-5-13-33/h6-11,16-17,26,32H,1-5,12-15,30H2. The molecule has 6 nitrogen and oxygen atoms in total. The van der Waals surface area contributed by atoms with Crippen molar-refractivity contribution in [1.82, 2.24) is 4.98 Å². The molecule has 0 amide bonds. The second kappa shape index (κ2) is 8.91. The largest absolute Gasteiger partial charge is 0.399 e. The number of piperidine rings is 1. The van der Waals surface area contributed by atoms with Gasteiger partial charge in [-0.15, -0.1) is 0 Å². The van der Waals surface area contributed by atoms with E-state index in [1.807, 2.05) is 12.1 Å². The molecule has 2 aromatic carbocycles. The Hall–Kier alpha value is -3.55. The zero-order valence-electron chi connectivity index (χ0n) is 19.7. The number of nitrogens with zero attached hydrogens (tertiary/aromatic N) is 4. The second-order valence-corrected chi connectivity index (χ2v) is 9.60. The summed E-state index contributed by atoms with van der Waals surface area (Å²) in [5, 5.41) is 3.49. The normalized spacial score (nSPS) is 19.7. The molecule has 1 atom stereocenters. The van der Waals surface area contributed by atoms with E-state index >= 15 is 8.78 Å². The first-order valence-corrected chi connectivity index (χ1v) is 12.5. The summed E-state index contributed by atoms with van der Waals surface area (Å²) in [4.78, 5) is 11.0. The van der Waals surface area contributed by atoms with Crippen LogP contribution in [0, 0.1) is 11.6 Å². The van der Waals surface area contributed by atoms with E-state index in [1.54, 1.807) is 35.4 Å². The molecule has 6 rings (SSSR count). The molecule has 2 saturated heterocycles. The summed E-state index contributed by atoms with van der Waals surface area (Å²) in [5.74, 6) is -0.189. The van der Waals surface area contributed by atoms with Gasteiger partial charge in [0.25, 0.3) is 0 Å². The van der Waals surface area contributed by atoms with Crippen LogP contribution in [0.15, 0.2) is 48.7 Å². The fourth-order valence-electron chi connectivity index (χ4n) is 5.58. The predicted octanol–water partition coefficient (Wildman–Crippen LogP) is 5.79. The van der Waals surface area contributed by atoms with Gasteiger partial charge in [-0.1, -0.05) is 6.07 Å². The van der Waals surface area contributed by atoms with Gasteiger partial charge in [-0.05, 0) is 68.5 Å². The van der Waals surface area contributed by atoms with E-state index in [0.29, 0.717) is 22.8 Å². The van der Waals surface area contributed by atoms with Gasteiger partial charge in [-0.25, -0.2) is 13.8 Å². The van der Waals surface area contributed by atoms with Crippen LogP contribution < -0.4 is 25.8 Å². The monoisotopic (exact) mass is 476 g/mol. The minimum atomic E-state index is -0.656. The highest BCUT2D eigenvalue weighted by Gasteiger charge is 2.38. The summed E-state index contributed by atoms with van der Waals surface area (Å²) >= 11 is 0. The fraction of sp³-hybridized carbons (Fsp3) is 0.370. The van der Waals surface area contributed by atoms with Gasteiger partial charge in [0.2, 0.25) is 0 Å². The number of nitrogens with one attached hydrogen (secondary N) is 1. The van der Waals surface area contributed by atoms with E-state index in [1.165, 1.54) is 12.5 Å². The Morgan fingerprint density at radius 1 is 0.800 bits per heavy atom. The molecule has 0 saturated carbocycles. The number of hydrogen-bond donors (Lipinski definition) is 2. The number of nitrogens with two attached hydrogens (primary N) is 1. The Morgan fingerprint density at radius 3 is 2.29 bits per heavy atom. The van der Waals surface area contributed by atoms with Crippen LogP contribution in [0.1, 0.15) is 43.8 Å². The van der Waals surface area contributed by atoms with Crippen LogP contribution in [-0.4, -0.2) is 31.2 Å². The summed E-state index contributed by atoms with van der Waals surface area (Å²) in [5.41, 5.74) is 9.63. The Kier molecular flexibility index (Phi) is 5.59. The minimum Gasteiger partial charge on any atom is -0.399 e. The molecule has 3 aliphatic heterocycles. The number of nitrogen functional groups attached to an aromatic ring is 1. The SMILES string of the molecule is Nc1ccc(C2Nc3c(N4CCCCC4)ccnc3N2c2ccc(N3CCCC3)cc2F)c(F)c1. The molecule has 8 heteroatoms. The van der Waals surface area contributed by atoms with Crippen LogP contribution in [0.3, 0.4) is 0 Å². The third kappa shape index (κ3) is 3.90. The lowest BCUT2D eigenvalue weighted by molar-refractivity contribution is 0.578. The molecule has 4 heterocycles. The predicted molar refractivity (Wildman–Crippen MR) is 137 cm³/mol. The molecule has 0 spiro atoms. The molecule has 1 unspecified atom stereocenters. The average molecular weight is 477 g/mol. The van der Waals surface area contributed by atoms with Crippen LogP contribution in [0.25, 0.3) is 0 Å². The maximum absolute atomic E-state index is 15.7. The summed E-state index contributed by atoms with van der Waals surface area (Å²) in [6.45, 7) is 3.79. The van der Waals surface area contributed by atoms with Crippen molar-refractivity contribution in [3.05, 3.63) is 65.9 Å². The number of fused-ring (bicyclic) bond motifs is 1. The second-order valence-electron chi connectivity index (χ2n) is 9.60. The van der Waals surface area contributed by atoms with Gasteiger partial charge in [0.15, 0.2) is 5.82 Å². The quantitative estimate of drug-likeness (QED) is 0.465. The number of rotatable bonds is 4. The zero-order valence-corrected chi connectivity index (χ0v) is 19.7. The van der Waals surface area contributed by atoms with E-state index in [0.717, 1.165) is 68.9 Å². The van der Waals surface area contributed by atoms with Crippen molar-refractivity contribution in [1.29, 1.82) is 0 Å². The molecule has 0 aliphatic carbocycles. The molecule has 182 valence electrons. The summed E-state index contributed by atoms with van der Waals surface area (Å²) in [6, 6.07) is 12.0. The van der Waals surface area contributed by atoms with Crippen LogP contribution in [0.2, 0.25) is 0 Å². The Morgan fingerprint density at radius 2 is 1.54 bits per heavy atom. The van der Waals surface area contributed by atoms with E-state index < -0.39 is 12.0 Å². The molecule has 0 radical (unpaired) electrons. The van der Waals surface area contributed by atoms with Gasteiger partial charge in [-0.2, -0.15) is 0 Å². The number of benzene rings is 2. The van der Waals surface area contributed by atoms with Gasteiger partial charge in [0.1, 0.15) is 23.5 Å². The van der Waals surface area contributed by atoms with Crippen LogP contribution in [-0.2, 0) is 0 Å². The van der Waals surface area contributed by atoms with Gasteiger partial charge in [0, 0.05) is 49.3 Å². The van der Waals surface area contributed by atoms with Gasteiger partial charge >= 0.3 is 0 Å². The molecule has 3 aliphatic rings. The highest BCUT2D eigenvalue weighted by molar-refractivity contribution is 5.89. The summed E-state index contributed by atoms with van der Waals surface area (Å²) in [6.07, 6.45) is 6.82. The summed E-state index contributed by atoms with van der Waals surface area (Å²) in [7, 11) is 0. The van der Waals surface area contributed by atoms with Crippen molar-refractivity contribution >= 4 is 34.3 Å². The van der Waals surface area contributed by atoms with Gasteiger partial charge < -0.3 is 20.9 Å². The molecule has 35 heavy (non-hydrogen) atoms. The number of pyridine rings is 1. The number of halogens is 2. The first-order chi connectivity index (χ1) is 17.1. The zero-order chi connectivity index (χ0) is 23.9. The van der Waals surface area contributed by atoms with Crippen molar-refractivity contribution in [3.63, 3.8) is 0 Å². The molecular weight excluding hydrogens is 446 g/mol. The highest BCUT2D eigenvalue weighted by Crippen LogP contribution is 2.50. The first kappa shape index (κ1) is 21.9. The third-order valence-electron chi connectivity index (χ3n) is 7.35. The number of aromatic nitrogens is 1. The number of hydrogen-bond acceptors (Lipinski definition) is 6. The molecular formula is C27H30F2N6. The lowest BCUT2D eigenvalue weighted by Crippen LogP contribution is -2.30. The van der Waals surface area contributed by atoms with Crippen LogP contribution in [0.5, 0.6) is 0 Å². The van der Waals surface area contributed by atoms with Crippen LogP contribution in [0.4, 0.5) is 43.0 Å². The summed E-state index contributed by atoms with van der Waals surface area (Å²) < 4.78 is 30.9. The van der Waals surface area contributed by atoms with E-state index in [-0.39, 0.29) is 5.82 Å². The van der Waals surface area contributed by atoms with Crippen molar-refractivity contribution in [2.24, 2.45) is 0 Å². The first-order valence-electron chi connectivity index (χ1n) is 12.5. The fourth-order valence-corrected chi connectivity index (χ4v) is 5.58. The van der Waals surface area contributed by atoms with Crippen molar-refractivity contribution < 1.29 is 8.78 Å². The van der Waals surface area contributed by atoms with Crippen molar-refractivity contribution in [2.75, 3.05) is 51.9 Å². The van der Waals surface area contributed by atoms with Gasteiger partial charge in [-0.3, -0.25) is 4.90 Å². The van der Waals surface area contributed by atoms with Gasteiger partial charge in [0.05, 0.1) is 11.4 Å². The Balaban J connectivity index is 1.46. The molecule has 3 aromatic rings. The number of anilines is 6. The minimum absolute atomic E-state index is 0.349. The van der Waals surface area contributed by atoms with Crippen LogP contribution >= 0.6 is 0 Å². The smallest absolute Gasteiger partial charge is 0.160 e. The van der Waals surface area contributed by atoms with E-state index in [2.05, 4.69) is 20.1 Å². The molecule has 1 aromatic heterocycles.